The van der Waals surface area contributed by atoms with Gasteiger partial charge in [0.1, 0.15) is 5.65 Å². The van der Waals surface area contributed by atoms with Gasteiger partial charge in [-0.1, -0.05) is 48.5 Å². The Hall–Kier alpha value is -3.61. The van der Waals surface area contributed by atoms with E-state index in [4.69, 9.17) is 4.98 Å². The van der Waals surface area contributed by atoms with Crippen molar-refractivity contribution in [2.75, 3.05) is 54.4 Å². The fourth-order valence-electron chi connectivity index (χ4n) is 4.52. The maximum atomic E-state index is 4.91. The number of nitrogens with one attached hydrogen (secondary N) is 1. The van der Waals surface area contributed by atoms with Gasteiger partial charge < -0.3 is 14.8 Å². The standard InChI is InChI=1S/C33H42N6/c1-38(2)21-7-5-18-34-24-26-9-13-28(14-10-26)31-23-32(37-33-30(31)17-20-36-33)29-15-11-27(12-16-29)25-35-19-6-8-22-39(3)4/h9-17,20,23-25H,5-8,18-19,21-22H2,1-4H3,(H,36,37). The van der Waals surface area contributed by atoms with Crippen LogP contribution in [0.1, 0.15) is 36.8 Å². The molecule has 6 heteroatoms. The van der Waals surface area contributed by atoms with Crippen LogP contribution < -0.4 is 0 Å². The van der Waals surface area contributed by atoms with E-state index in [0.29, 0.717) is 0 Å². The minimum absolute atomic E-state index is 0.866. The van der Waals surface area contributed by atoms with Gasteiger partial charge in [0, 0.05) is 42.7 Å². The molecule has 6 nitrogen and oxygen atoms in total. The van der Waals surface area contributed by atoms with Crippen LogP contribution in [0.2, 0.25) is 0 Å². The second-order valence-corrected chi connectivity index (χ2v) is 10.6. The number of aromatic nitrogens is 2. The van der Waals surface area contributed by atoms with E-state index >= 15 is 0 Å². The number of pyridine rings is 1. The van der Waals surface area contributed by atoms with Crippen molar-refractivity contribution in [1.82, 2.24) is 19.8 Å². The third kappa shape index (κ3) is 8.70. The first-order valence-electron chi connectivity index (χ1n) is 14.0. The third-order valence-electron chi connectivity index (χ3n) is 6.72. The van der Waals surface area contributed by atoms with Crippen molar-refractivity contribution < 1.29 is 0 Å². The van der Waals surface area contributed by atoms with Gasteiger partial charge >= 0.3 is 0 Å². The number of aromatic amines is 1. The average molecular weight is 523 g/mol. The molecule has 0 saturated heterocycles. The summed E-state index contributed by atoms with van der Waals surface area (Å²) >= 11 is 0. The van der Waals surface area contributed by atoms with E-state index in [9.17, 15) is 0 Å². The van der Waals surface area contributed by atoms with Crippen LogP contribution in [-0.2, 0) is 0 Å². The molecule has 0 radical (unpaired) electrons. The van der Waals surface area contributed by atoms with Gasteiger partial charge in [0.15, 0.2) is 0 Å². The van der Waals surface area contributed by atoms with Crippen molar-refractivity contribution in [2.45, 2.75) is 25.7 Å². The van der Waals surface area contributed by atoms with E-state index in [0.717, 1.165) is 72.4 Å². The van der Waals surface area contributed by atoms with E-state index in [1.54, 1.807) is 0 Å². The lowest BCUT2D eigenvalue weighted by molar-refractivity contribution is 0.396. The Bertz CT molecular complexity index is 1350. The lowest BCUT2D eigenvalue weighted by atomic mass is 9.99. The highest BCUT2D eigenvalue weighted by atomic mass is 15.0. The van der Waals surface area contributed by atoms with Crippen molar-refractivity contribution in [3.05, 3.63) is 78.0 Å². The first-order chi connectivity index (χ1) is 19.0. The Morgan fingerprint density at radius 1 is 0.692 bits per heavy atom. The van der Waals surface area contributed by atoms with E-state index in [-0.39, 0.29) is 0 Å². The Labute approximate surface area is 233 Å². The van der Waals surface area contributed by atoms with Gasteiger partial charge in [-0.15, -0.1) is 0 Å². The number of hydrogen-bond donors (Lipinski definition) is 1. The maximum absolute atomic E-state index is 4.91. The zero-order valence-electron chi connectivity index (χ0n) is 23.9. The van der Waals surface area contributed by atoms with Gasteiger partial charge in [0.2, 0.25) is 0 Å². The summed E-state index contributed by atoms with van der Waals surface area (Å²) in [4.78, 5) is 21.9. The lowest BCUT2D eigenvalue weighted by Crippen LogP contribution is -2.12. The van der Waals surface area contributed by atoms with Gasteiger partial charge in [-0.2, -0.15) is 0 Å². The summed E-state index contributed by atoms with van der Waals surface area (Å²) in [5.41, 5.74) is 7.53. The number of unbranched alkanes of at least 4 members (excludes halogenated alkanes) is 2. The van der Waals surface area contributed by atoms with Gasteiger partial charge in [-0.25, -0.2) is 4.98 Å². The first-order valence-corrected chi connectivity index (χ1v) is 14.0. The summed E-state index contributed by atoms with van der Waals surface area (Å²) in [7, 11) is 8.44. The number of fused-ring (bicyclic) bond motifs is 1. The molecular formula is C33H42N6. The highest BCUT2D eigenvalue weighted by Crippen LogP contribution is 2.32. The largest absolute Gasteiger partial charge is 0.346 e. The van der Waals surface area contributed by atoms with Gasteiger partial charge in [0.05, 0.1) is 5.69 Å². The van der Waals surface area contributed by atoms with E-state index < -0.39 is 0 Å². The second-order valence-electron chi connectivity index (χ2n) is 10.6. The predicted molar refractivity (Wildman–Crippen MR) is 167 cm³/mol. The van der Waals surface area contributed by atoms with Crippen LogP contribution >= 0.6 is 0 Å². The molecular weight excluding hydrogens is 480 g/mol. The lowest BCUT2D eigenvalue weighted by Gasteiger charge is -2.09. The van der Waals surface area contributed by atoms with Crippen LogP contribution in [0, 0.1) is 0 Å². The van der Waals surface area contributed by atoms with Crippen molar-refractivity contribution in [1.29, 1.82) is 0 Å². The van der Waals surface area contributed by atoms with Crippen molar-refractivity contribution in [3.8, 4) is 22.4 Å². The molecule has 2 aromatic carbocycles. The highest BCUT2D eigenvalue weighted by Gasteiger charge is 2.10. The Kier molecular flexibility index (Phi) is 10.6. The molecule has 0 aliphatic carbocycles. The monoisotopic (exact) mass is 522 g/mol. The molecule has 0 aliphatic heterocycles. The molecule has 0 saturated carbocycles. The van der Waals surface area contributed by atoms with Crippen molar-refractivity contribution >= 4 is 23.5 Å². The molecule has 0 atom stereocenters. The summed E-state index contributed by atoms with van der Waals surface area (Å²) < 4.78 is 0. The SMILES string of the molecule is CN(C)CCCCN=Cc1ccc(-c2cc(-c3ccc(C=NCCCCN(C)C)cc3)c3cc[nH]c3n2)cc1. The quantitative estimate of drug-likeness (QED) is 0.154. The summed E-state index contributed by atoms with van der Waals surface area (Å²) in [6, 6.07) is 21.4. The molecule has 4 aromatic rings. The summed E-state index contributed by atoms with van der Waals surface area (Å²) in [6.45, 7) is 3.96. The minimum atomic E-state index is 0.866. The summed E-state index contributed by atoms with van der Waals surface area (Å²) in [6.07, 6.45) is 10.5. The average Bonchev–Trinajstić information content (AvgIpc) is 3.41. The number of hydrogen-bond acceptors (Lipinski definition) is 5. The molecule has 4 rings (SSSR count). The number of nitrogens with zero attached hydrogens (tertiary/aromatic N) is 5. The van der Waals surface area contributed by atoms with E-state index in [1.807, 2.05) is 18.6 Å². The Balaban J connectivity index is 1.43. The molecule has 2 aromatic heterocycles. The zero-order valence-corrected chi connectivity index (χ0v) is 23.9. The molecule has 0 fully saturated rings. The predicted octanol–water partition coefficient (Wildman–Crippen LogP) is 6.42. The fraction of sp³-hybridized carbons (Fsp3) is 0.364. The smallest absolute Gasteiger partial charge is 0.138 e. The fourth-order valence-corrected chi connectivity index (χ4v) is 4.52. The van der Waals surface area contributed by atoms with Crippen LogP contribution in [0.3, 0.4) is 0 Å². The molecule has 0 aliphatic rings. The normalized spacial score (nSPS) is 12.2. The van der Waals surface area contributed by atoms with Crippen LogP contribution in [0.4, 0.5) is 0 Å². The van der Waals surface area contributed by atoms with Crippen molar-refractivity contribution in [3.63, 3.8) is 0 Å². The van der Waals surface area contributed by atoms with Gasteiger partial charge in [-0.05, 0) is 101 Å². The van der Waals surface area contributed by atoms with Crippen LogP contribution in [0.5, 0.6) is 0 Å². The van der Waals surface area contributed by atoms with Crippen molar-refractivity contribution in [2.24, 2.45) is 9.98 Å². The highest BCUT2D eigenvalue weighted by molar-refractivity contribution is 5.96. The van der Waals surface area contributed by atoms with Crippen LogP contribution in [-0.4, -0.2) is 86.6 Å². The number of benzene rings is 2. The molecule has 0 bridgehead atoms. The summed E-state index contributed by atoms with van der Waals surface area (Å²) in [5, 5.41) is 1.12. The number of H-pyrrole nitrogens is 1. The number of rotatable bonds is 14. The molecule has 0 spiro atoms. The molecule has 0 unspecified atom stereocenters. The number of aliphatic imine (C=N–C) groups is 2. The molecule has 39 heavy (non-hydrogen) atoms. The zero-order chi connectivity index (χ0) is 27.5. The third-order valence-corrected chi connectivity index (χ3v) is 6.72. The molecule has 0 amide bonds. The van der Waals surface area contributed by atoms with E-state index in [2.05, 4.69) is 114 Å². The molecule has 1 N–H and O–H groups in total. The Morgan fingerprint density at radius 3 is 1.77 bits per heavy atom. The van der Waals surface area contributed by atoms with Gasteiger partial charge in [0.25, 0.3) is 0 Å². The maximum Gasteiger partial charge on any atom is 0.138 e. The van der Waals surface area contributed by atoms with Crippen LogP contribution in [0.15, 0.2) is 76.8 Å². The topological polar surface area (TPSA) is 59.9 Å². The minimum Gasteiger partial charge on any atom is -0.346 e. The van der Waals surface area contributed by atoms with E-state index in [1.165, 1.54) is 24.0 Å². The Morgan fingerprint density at radius 2 is 1.23 bits per heavy atom. The molecule has 2 heterocycles. The van der Waals surface area contributed by atoms with Crippen LogP contribution in [0.25, 0.3) is 33.4 Å². The second kappa shape index (κ2) is 14.5. The first kappa shape index (κ1) is 28.4. The summed E-state index contributed by atoms with van der Waals surface area (Å²) in [5.74, 6) is 0. The van der Waals surface area contributed by atoms with Gasteiger partial charge in [-0.3, -0.25) is 9.98 Å². The molecule has 204 valence electrons.